The van der Waals surface area contributed by atoms with Crippen LogP contribution in [0.15, 0.2) is 24.4 Å². The van der Waals surface area contributed by atoms with Crippen molar-refractivity contribution in [3.05, 3.63) is 30.0 Å². The van der Waals surface area contributed by atoms with Gasteiger partial charge in [0.25, 0.3) is 0 Å². The molecule has 134 valence electrons. The van der Waals surface area contributed by atoms with Gasteiger partial charge in [-0.3, -0.25) is 0 Å². The molecule has 6 heteroatoms. The molecule has 1 N–H and O–H groups in total. The van der Waals surface area contributed by atoms with Crippen LogP contribution in [0, 0.1) is 6.92 Å². The van der Waals surface area contributed by atoms with E-state index in [2.05, 4.69) is 28.3 Å². The Morgan fingerprint density at radius 1 is 1.40 bits per heavy atom. The minimum atomic E-state index is -0.475. The number of likely N-dealkylation sites (tertiary alicyclic amines) is 1. The van der Waals surface area contributed by atoms with E-state index in [4.69, 9.17) is 4.74 Å². The zero-order valence-corrected chi connectivity index (χ0v) is 15.4. The summed E-state index contributed by atoms with van der Waals surface area (Å²) in [6, 6.07) is 6.22. The lowest BCUT2D eigenvalue weighted by molar-refractivity contribution is 0.0235. The Bertz CT molecular complexity index is 770. The molecule has 1 aromatic heterocycles. The van der Waals surface area contributed by atoms with Gasteiger partial charge >= 0.3 is 6.09 Å². The van der Waals surface area contributed by atoms with Gasteiger partial charge in [-0.05, 0) is 52.7 Å². The maximum Gasteiger partial charge on any atom is 0.410 e. The van der Waals surface area contributed by atoms with Crippen LogP contribution < -0.4 is 5.32 Å². The smallest absolute Gasteiger partial charge is 0.410 e. The number of carbonyl (C=O) groups excluding carboxylic acids is 1. The Hall–Kier alpha value is -2.37. The highest BCUT2D eigenvalue weighted by molar-refractivity contribution is 5.79. The fourth-order valence-corrected chi connectivity index (χ4v) is 3.06. The van der Waals surface area contributed by atoms with Crippen LogP contribution in [0.2, 0.25) is 0 Å². The number of aryl methyl sites for hydroxylation is 1. The number of aromatic nitrogens is 2. The molecule has 0 bridgehead atoms. The van der Waals surface area contributed by atoms with Gasteiger partial charge in [0, 0.05) is 24.7 Å². The van der Waals surface area contributed by atoms with Crippen molar-refractivity contribution in [3.63, 3.8) is 0 Å². The van der Waals surface area contributed by atoms with Gasteiger partial charge in [-0.1, -0.05) is 11.6 Å². The van der Waals surface area contributed by atoms with Gasteiger partial charge in [0.1, 0.15) is 5.60 Å². The summed E-state index contributed by atoms with van der Waals surface area (Å²) in [7, 11) is 0. The van der Waals surface area contributed by atoms with E-state index in [1.165, 1.54) is 5.56 Å². The standard InChI is InChI=1S/C19H26N4O2/c1-13-7-8-16-14(10-13)11-20-17(22-16)21-12-15-6-5-9-23(15)18(24)25-19(2,3)4/h7-8,10-11,15H,5-6,9,12H2,1-4H3,(H,20,21,22)/t15-/m0/s1. The van der Waals surface area contributed by atoms with Gasteiger partial charge in [0.15, 0.2) is 0 Å². The van der Waals surface area contributed by atoms with Crippen LogP contribution >= 0.6 is 0 Å². The van der Waals surface area contributed by atoms with Crippen LogP contribution in [-0.4, -0.2) is 45.7 Å². The van der Waals surface area contributed by atoms with Crippen molar-refractivity contribution in [1.82, 2.24) is 14.9 Å². The molecule has 1 aromatic carbocycles. The summed E-state index contributed by atoms with van der Waals surface area (Å²) < 4.78 is 5.50. The van der Waals surface area contributed by atoms with Gasteiger partial charge in [0.2, 0.25) is 5.95 Å². The number of amides is 1. The summed E-state index contributed by atoms with van der Waals surface area (Å²) in [5, 5.41) is 4.30. The highest BCUT2D eigenvalue weighted by Crippen LogP contribution is 2.21. The summed E-state index contributed by atoms with van der Waals surface area (Å²) in [5.74, 6) is 0.590. The topological polar surface area (TPSA) is 67.4 Å². The molecule has 25 heavy (non-hydrogen) atoms. The second-order valence-corrected chi connectivity index (χ2v) is 7.61. The monoisotopic (exact) mass is 342 g/mol. The molecule has 0 radical (unpaired) electrons. The first-order valence-corrected chi connectivity index (χ1v) is 8.79. The predicted octanol–water partition coefficient (Wildman–Crippen LogP) is 3.75. The first kappa shape index (κ1) is 17.5. The zero-order chi connectivity index (χ0) is 18.0. The van der Waals surface area contributed by atoms with E-state index in [1.54, 1.807) is 0 Å². The Morgan fingerprint density at radius 3 is 2.96 bits per heavy atom. The molecule has 1 aliphatic rings. The molecule has 2 aromatic rings. The Morgan fingerprint density at radius 2 is 2.20 bits per heavy atom. The van der Waals surface area contributed by atoms with Crippen molar-refractivity contribution < 1.29 is 9.53 Å². The minimum Gasteiger partial charge on any atom is -0.444 e. The first-order valence-electron chi connectivity index (χ1n) is 8.79. The Labute approximate surface area is 148 Å². The molecule has 3 rings (SSSR count). The number of ether oxygens (including phenoxy) is 1. The fourth-order valence-electron chi connectivity index (χ4n) is 3.06. The molecule has 2 heterocycles. The van der Waals surface area contributed by atoms with E-state index in [9.17, 15) is 4.79 Å². The molecule has 1 amide bonds. The van der Waals surface area contributed by atoms with Crippen LogP contribution in [0.4, 0.5) is 10.7 Å². The average molecular weight is 342 g/mol. The van der Waals surface area contributed by atoms with E-state index < -0.39 is 5.60 Å². The second-order valence-electron chi connectivity index (χ2n) is 7.61. The second kappa shape index (κ2) is 6.86. The SMILES string of the molecule is Cc1ccc2nc(NC[C@@H]3CCCN3C(=O)OC(C)(C)C)ncc2c1. The third-order valence-electron chi connectivity index (χ3n) is 4.24. The molecule has 1 fully saturated rings. The van der Waals surface area contributed by atoms with Crippen LogP contribution in [0.5, 0.6) is 0 Å². The summed E-state index contributed by atoms with van der Waals surface area (Å²) in [6.45, 7) is 9.07. The van der Waals surface area contributed by atoms with Crippen molar-refractivity contribution >= 4 is 22.9 Å². The summed E-state index contributed by atoms with van der Waals surface area (Å²) in [5.41, 5.74) is 1.63. The normalized spacial score (nSPS) is 17.8. The minimum absolute atomic E-state index is 0.104. The average Bonchev–Trinajstić information content (AvgIpc) is 3.00. The molecule has 1 saturated heterocycles. The molecule has 0 saturated carbocycles. The molecule has 6 nitrogen and oxygen atoms in total. The highest BCUT2D eigenvalue weighted by Gasteiger charge is 2.32. The number of nitrogens with one attached hydrogen (secondary N) is 1. The van der Waals surface area contributed by atoms with E-state index in [1.807, 2.05) is 44.0 Å². The van der Waals surface area contributed by atoms with Crippen molar-refractivity contribution in [1.29, 1.82) is 0 Å². The molecule has 0 aliphatic carbocycles. The zero-order valence-electron chi connectivity index (χ0n) is 15.4. The van der Waals surface area contributed by atoms with Gasteiger partial charge in [0.05, 0.1) is 11.6 Å². The maximum absolute atomic E-state index is 12.3. The van der Waals surface area contributed by atoms with Crippen LogP contribution in [0.3, 0.4) is 0 Å². The third kappa shape index (κ3) is 4.38. The van der Waals surface area contributed by atoms with E-state index in [0.717, 1.165) is 30.3 Å². The van der Waals surface area contributed by atoms with Crippen molar-refractivity contribution in [3.8, 4) is 0 Å². The van der Waals surface area contributed by atoms with Crippen molar-refractivity contribution in [2.75, 3.05) is 18.4 Å². The quantitative estimate of drug-likeness (QED) is 0.920. The maximum atomic E-state index is 12.3. The van der Waals surface area contributed by atoms with E-state index >= 15 is 0 Å². The third-order valence-corrected chi connectivity index (χ3v) is 4.24. The highest BCUT2D eigenvalue weighted by atomic mass is 16.6. The number of hydrogen-bond acceptors (Lipinski definition) is 5. The van der Waals surface area contributed by atoms with Crippen molar-refractivity contribution in [2.45, 2.75) is 52.2 Å². The molecular weight excluding hydrogens is 316 g/mol. The van der Waals surface area contributed by atoms with Gasteiger partial charge in [-0.25, -0.2) is 14.8 Å². The predicted molar refractivity (Wildman–Crippen MR) is 98.7 cm³/mol. The molecule has 1 aliphatic heterocycles. The largest absolute Gasteiger partial charge is 0.444 e. The van der Waals surface area contributed by atoms with E-state index in [0.29, 0.717) is 12.5 Å². The molecule has 0 unspecified atom stereocenters. The Kier molecular flexibility index (Phi) is 4.79. The van der Waals surface area contributed by atoms with Gasteiger partial charge in [-0.15, -0.1) is 0 Å². The number of hydrogen-bond donors (Lipinski definition) is 1. The summed E-state index contributed by atoms with van der Waals surface area (Å²) >= 11 is 0. The summed E-state index contributed by atoms with van der Waals surface area (Å²) in [6.07, 6.45) is 3.53. The lowest BCUT2D eigenvalue weighted by Crippen LogP contribution is -2.42. The van der Waals surface area contributed by atoms with Gasteiger partial charge < -0.3 is 15.0 Å². The lowest BCUT2D eigenvalue weighted by atomic mass is 10.2. The number of nitrogens with zero attached hydrogens (tertiary/aromatic N) is 3. The number of carbonyl (C=O) groups is 1. The number of rotatable bonds is 3. The number of fused-ring (bicyclic) bond motifs is 1. The number of anilines is 1. The van der Waals surface area contributed by atoms with Crippen LogP contribution in [0.25, 0.3) is 10.9 Å². The molecule has 0 spiro atoms. The lowest BCUT2D eigenvalue weighted by Gasteiger charge is -2.28. The van der Waals surface area contributed by atoms with Crippen molar-refractivity contribution in [2.24, 2.45) is 0 Å². The molecular formula is C19H26N4O2. The Balaban J connectivity index is 1.64. The van der Waals surface area contributed by atoms with Crippen LogP contribution in [-0.2, 0) is 4.74 Å². The molecule has 1 atom stereocenters. The summed E-state index contributed by atoms with van der Waals surface area (Å²) in [4.78, 5) is 23.1. The fraction of sp³-hybridized carbons (Fsp3) is 0.526. The van der Waals surface area contributed by atoms with E-state index in [-0.39, 0.29) is 12.1 Å². The first-order chi connectivity index (χ1) is 11.8. The van der Waals surface area contributed by atoms with Crippen LogP contribution in [0.1, 0.15) is 39.2 Å². The van der Waals surface area contributed by atoms with Gasteiger partial charge in [-0.2, -0.15) is 0 Å². The number of benzene rings is 1.